The van der Waals surface area contributed by atoms with Crippen LogP contribution in [0.1, 0.15) is 33.3 Å². The largest absolute Gasteiger partial charge is 0.410 e. The van der Waals surface area contributed by atoms with Crippen molar-refractivity contribution in [2.24, 2.45) is 0 Å². The lowest BCUT2D eigenvalue weighted by Gasteiger charge is -2.39. The van der Waals surface area contributed by atoms with Crippen LogP contribution in [0.15, 0.2) is 18.2 Å². The molecule has 1 aromatic carbocycles. The predicted octanol–water partition coefficient (Wildman–Crippen LogP) is 2.79. The maximum Gasteiger partial charge on any atom is 0.410 e. The third-order valence-electron chi connectivity index (χ3n) is 5.43. The number of carbonyl (C=O) groups is 2. The fourth-order valence-corrected chi connectivity index (χ4v) is 3.42. The third kappa shape index (κ3) is 6.90. The lowest BCUT2D eigenvalue weighted by atomic mass is 10.1. The predicted molar refractivity (Wildman–Crippen MR) is 110 cm³/mol. The van der Waals surface area contributed by atoms with Gasteiger partial charge in [-0.25, -0.2) is 4.39 Å². The maximum atomic E-state index is 13.6. The van der Waals surface area contributed by atoms with Crippen molar-refractivity contribution in [2.75, 3.05) is 38.0 Å². The molecule has 0 spiro atoms. The van der Waals surface area contributed by atoms with E-state index in [-0.39, 0.29) is 30.9 Å². The van der Waals surface area contributed by atoms with Gasteiger partial charge in [0.25, 0.3) is 0 Å². The molecular formula is C21H30F4N4O2. The maximum absolute atomic E-state index is 13.6. The Hall–Kier alpha value is -2.20. The Kier molecular flexibility index (Phi) is 8.04. The van der Waals surface area contributed by atoms with E-state index in [0.717, 1.165) is 13.8 Å². The molecule has 0 aromatic heterocycles. The van der Waals surface area contributed by atoms with E-state index in [1.165, 1.54) is 12.1 Å². The molecule has 6 nitrogen and oxygen atoms in total. The van der Waals surface area contributed by atoms with Crippen molar-refractivity contribution in [1.29, 1.82) is 0 Å². The van der Waals surface area contributed by atoms with Crippen LogP contribution < -0.4 is 10.6 Å². The molecule has 174 valence electrons. The van der Waals surface area contributed by atoms with Crippen LogP contribution in [0.3, 0.4) is 0 Å². The van der Waals surface area contributed by atoms with Crippen LogP contribution >= 0.6 is 0 Å². The molecule has 10 heteroatoms. The topological polar surface area (TPSA) is 64.7 Å². The number of piperazine rings is 1. The number of nitrogens with one attached hydrogen (secondary N) is 2. The molecule has 1 aromatic rings. The standard InChI is InChI=1S/C21H30F4N4O2/c1-5-15-10-16(6-7-17(15)22)26-18(30)13-29-9-8-28(11-14(29)2)12-19(31)27-20(3,4)21(23,24)25/h6-7,10,14H,5,8-9,11-13H2,1-4H3,(H,26,30)(H,27,31)/t14-/m1/s1. The molecule has 0 saturated carbocycles. The van der Waals surface area contributed by atoms with E-state index in [0.29, 0.717) is 37.3 Å². The van der Waals surface area contributed by atoms with E-state index in [2.05, 4.69) is 5.32 Å². The van der Waals surface area contributed by atoms with Crippen molar-refractivity contribution >= 4 is 17.5 Å². The second kappa shape index (κ2) is 9.95. The molecule has 1 heterocycles. The molecule has 1 aliphatic heterocycles. The molecule has 1 aliphatic rings. The monoisotopic (exact) mass is 446 g/mol. The van der Waals surface area contributed by atoms with Gasteiger partial charge in [-0.05, 0) is 51.0 Å². The van der Waals surface area contributed by atoms with Gasteiger partial charge in [-0.15, -0.1) is 0 Å². The summed E-state index contributed by atoms with van der Waals surface area (Å²) in [6.07, 6.45) is -4.02. The van der Waals surface area contributed by atoms with Crippen LogP contribution in [-0.4, -0.2) is 72.1 Å². The second-order valence-corrected chi connectivity index (χ2v) is 8.43. The zero-order valence-corrected chi connectivity index (χ0v) is 18.3. The van der Waals surface area contributed by atoms with E-state index in [1.54, 1.807) is 11.0 Å². The smallest absolute Gasteiger partial charge is 0.341 e. The number of rotatable bonds is 7. The minimum Gasteiger partial charge on any atom is -0.341 e. The highest BCUT2D eigenvalue weighted by Crippen LogP contribution is 2.29. The summed E-state index contributed by atoms with van der Waals surface area (Å²) >= 11 is 0. The van der Waals surface area contributed by atoms with Gasteiger partial charge in [0.2, 0.25) is 11.8 Å². The van der Waals surface area contributed by atoms with Crippen LogP contribution in [0.2, 0.25) is 0 Å². The second-order valence-electron chi connectivity index (χ2n) is 8.43. The molecule has 2 N–H and O–H groups in total. The van der Waals surface area contributed by atoms with E-state index in [9.17, 15) is 27.2 Å². The average molecular weight is 446 g/mol. The van der Waals surface area contributed by atoms with Gasteiger partial charge in [-0.2, -0.15) is 13.2 Å². The summed E-state index contributed by atoms with van der Waals surface area (Å²) in [7, 11) is 0. The molecule has 2 rings (SSSR count). The fourth-order valence-electron chi connectivity index (χ4n) is 3.42. The van der Waals surface area contributed by atoms with E-state index in [4.69, 9.17) is 0 Å². The zero-order chi connectivity index (χ0) is 23.4. The number of amides is 2. The number of nitrogens with zero attached hydrogens (tertiary/aromatic N) is 2. The molecule has 1 fully saturated rings. The molecule has 1 saturated heterocycles. The van der Waals surface area contributed by atoms with Gasteiger partial charge in [0.15, 0.2) is 0 Å². The molecule has 0 bridgehead atoms. The van der Waals surface area contributed by atoms with Crippen LogP contribution in [0.5, 0.6) is 0 Å². The quantitative estimate of drug-likeness (QED) is 0.633. The highest BCUT2D eigenvalue weighted by Gasteiger charge is 2.48. The van der Waals surface area contributed by atoms with Gasteiger partial charge in [0.1, 0.15) is 11.4 Å². The van der Waals surface area contributed by atoms with Crippen LogP contribution in [0.25, 0.3) is 0 Å². The van der Waals surface area contributed by atoms with Crippen LogP contribution in [0.4, 0.5) is 23.2 Å². The molecule has 0 aliphatic carbocycles. The van der Waals surface area contributed by atoms with Crippen molar-refractivity contribution in [3.05, 3.63) is 29.6 Å². The lowest BCUT2D eigenvalue weighted by molar-refractivity contribution is -0.188. The summed E-state index contributed by atoms with van der Waals surface area (Å²) < 4.78 is 52.4. The number of alkyl halides is 3. The first-order valence-electron chi connectivity index (χ1n) is 10.2. The van der Waals surface area contributed by atoms with Gasteiger partial charge < -0.3 is 10.6 Å². The number of hydrogen-bond acceptors (Lipinski definition) is 4. The van der Waals surface area contributed by atoms with E-state index >= 15 is 0 Å². The summed E-state index contributed by atoms with van der Waals surface area (Å²) in [5.74, 6) is -1.24. The first-order valence-corrected chi connectivity index (χ1v) is 10.2. The zero-order valence-electron chi connectivity index (χ0n) is 18.3. The van der Waals surface area contributed by atoms with Gasteiger partial charge in [-0.1, -0.05) is 6.92 Å². The van der Waals surface area contributed by atoms with Gasteiger partial charge in [-0.3, -0.25) is 19.4 Å². The highest BCUT2D eigenvalue weighted by atomic mass is 19.4. The minimum absolute atomic E-state index is 0.0673. The Bertz CT molecular complexity index is 798. The Morgan fingerprint density at radius 1 is 1.13 bits per heavy atom. The first-order chi connectivity index (χ1) is 14.3. The Morgan fingerprint density at radius 2 is 1.81 bits per heavy atom. The normalized spacial score (nSPS) is 18.6. The number of halogens is 4. The van der Waals surface area contributed by atoms with Crippen molar-refractivity contribution in [1.82, 2.24) is 15.1 Å². The van der Waals surface area contributed by atoms with Gasteiger partial charge in [0.05, 0.1) is 13.1 Å². The van der Waals surface area contributed by atoms with Gasteiger partial charge in [0, 0.05) is 31.4 Å². The summed E-state index contributed by atoms with van der Waals surface area (Å²) in [5, 5.41) is 4.80. The molecular weight excluding hydrogens is 416 g/mol. The Labute approximate surface area is 180 Å². The average Bonchev–Trinajstić information content (AvgIpc) is 2.64. The molecule has 2 amide bonds. The number of hydrogen-bond donors (Lipinski definition) is 2. The molecule has 0 unspecified atom stereocenters. The van der Waals surface area contributed by atoms with Crippen molar-refractivity contribution < 1.29 is 27.2 Å². The molecule has 31 heavy (non-hydrogen) atoms. The van der Waals surface area contributed by atoms with Crippen LogP contribution in [-0.2, 0) is 16.0 Å². The third-order valence-corrected chi connectivity index (χ3v) is 5.43. The number of carbonyl (C=O) groups excluding carboxylic acids is 2. The molecule has 0 radical (unpaired) electrons. The lowest BCUT2D eigenvalue weighted by Crippen LogP contribution is -2.59. The number of aryl methyl sites for hydroxylation is 1. The number of anilines is 1. The van der Waals surface area contributed by atoms with Crippen molar-refractivity contribution in [3.63, 3.8) is 0 Å². The van der Waals surface area contributed by atoms with Gasteiger partial charge >= 0.3 is 6.18 Å². The van der Waals surface area contributed by atoms with E-state index < -0.39 is 17.6 Å². The number of benzene rings is 1. The fraction of sp³-hybridized carbons (Fsp3) is 0.619. The summed E-state index contributed by atoms with van der Waals surface area (Å²) in [6.45, 7) is 6.95. The van der Waals surface area contributed by atoms with Crippen molar-refractivity contribution in [3.8, 4) is 0 Å². The van der Waals surface area contributed by atoms with Crippen LogP contribution in [0, 0.1) is 5.82 Å². The Morgan fingerprint density at radius 3 is 2.39 bits per heavy atom. The minimum atomic E-state index is -4.54. The summed E-state index contributed by atoms with van der Waals surface area (Å²) in [4.78, 5) is 28.2. The highest BCUT2D eigenvalue weighted by molar-refractivity contribution is 5.92. The summed E-state index contributed by atoms with van der Waals surface area (Å²) in [6, 6.07) is 4.37. The van der Waals surface area contributed by atoms with E-state index in [1.807, 2.05) is 24.1 Å². The summed E-state index contributed by atoms with van der Waals surface area (Å²) in [5.41, 5.74) is -1.25. The molecule has 1 atom stereocenters. The van der Waals surface area contributed by atoms with Crippen molar-refractivity contribution in [2.45, 2.75) is 51.9 Å². The first kappa shape index (κ1) is 25.1. The Balaban J connectivity index is 1.84. The SMILES string of the molecule is CCc1cc(NC(=O)CN2CCN(CC(=O)NC(C)(C)C(F)(F)F)C[C@H]2C)ccc1F.